The molecule has 5 rings (SSSR count). The van der Waals surface area contributed by atoms with Crippen molar-refractivity contribution in [1.29, 1.82) is 0 Å². The Bertz CT molecular complexity index is 1560. The normalized spacial score (nSPS) is 17.1. The average molecular weight is 608 g/mol. The quantitative estimate of drug-likeness (QED) is 0.217. The topological polar surface area (TPSA) is 91.3 Å². The molecule has 234 valence electrons. The van der Waals surface area contributed by atoms with Crippen molar-refractivity contribution in [2.24, 2.45) is 5.92 Å². The van der Waals surface area contributed by atoms with Crippen LogP contribution < -0.4 is 14.8 Å². The summed E-state index contributed by atoms with van der Waals surface area (Å²) in [6.07, 6.45) is -0.000431. The van der Waals surface area contributed by atoms with Gasteiger partial charge in [0.15, 0.2) is 0 Å². The van der Waals surface area contributed by atoms with Gasteiger partial charge in [0.25, 0.3) is 5.91 Å². The average Bonchev–Trinajstić information content (AvgIpc) is 3.04. The number of anilines is 1. The minimum absolute atomic E-state index is 0.00884. The number of carbonyl (C=O) groups excluding carboxylic acids is 2. The Kier molecular flexibility index (Phi) is 10.5. The van der Waals surface area contributed by atoms with Crippen molar-refractivity contribution in [1.82, 2.24) is 9.80 Å². The molecule has 0 saturated heterocycles. The number of amides is 2. The Hall–Kier alpha value is -4.66. The molecule has 8 nitrogen and oxygen atoms in total. The minimum atomic E-state index is -0.378. The van der Waals surface area contributed by atoms with E-state index in [1.54, 1.807) is 23.1 Å². The van der Waals surface area contributed by atoms with E-state index in [-0.39, 0.29) is 42.9 Å². The first kappa shape index (κ1) is 31.8. The second-order valence-electron chi connectivity index (χ2n) is 11.8. The van der Waals surface area contributed by atoms with Crippen molar-refractivity contribution in [2.75, 3.05) is 32.1 Å². The van der Waals surface area contributed by atoms with E-state index < -0.39 is 0 Å². The smallest absolute Gasteiger partial charge is 0.258 e. The maximum absolute atomic E-state index is 13.8. The summed E-state index contributed by atoms with van der Waals surface area (Å²) in [5, 5.41) is 12.9. The molecule has 3 atom stereocenters. The fraction of sp³-hybridized carbons (Fsp3) is 0.297. The predicted molar refractivity (Wildman–Crippen MR) is 176 cm³/mol. The second kappa shape index (κ2) is 14.9. The first-order valence-electron chi connectivity index (χ1n) is 15.4. The first-order valence-corrected chi connectivity index (χ1v) is 15.4. The standard InChI is InChI=1S/C37H41N3O5/c1-26-22-40(27(2)25-41)37(43)33-21-30(38-36(42)20-28-10-6-4-7-11-28)16-19-34(33)45-35(26)24-39(3)23-29-14-17-32(18-15-29)44-31-12-8-5-9-13-31/h4-19,21,26-27,35,41H,20,22-25H2,1-3H3,(H,38,42)/t26-,27+,35-/m1/s1. The highest BCUT2D eigenvalue weighted by Gasteiger charge is 2.33. The highest BCUT2D eigenvalue weighted by molar-refractivity contribution is 6.00. The number of ether oxygens (including phenoxy) is 2. The van der Waals surface area contributed by atoms with Crippen molar-refractivity contribution in [3.05, 3.63) is 120 Å². The van der Waals surface area contributed by atoms with Crippen LogP contribution in [0.5, 0.6) is 17.2 Å². The molecule has 0 fully saturated rings. The molecule has 0 unspecified atom stereocenters. The van der Waals surface area contributed by atoms with E-state index in [0.29, 0.717) is 36.6 Å². The summed E-state index contributed by atoms with van der Waals surface area (Å²) >= 11 is 0. The maximum atomic E-state index is 13.8. The number of rotatable bonds is 11. The van der Waals surface area contributed by atoms with Gasteiger partial charge in [-0.05, 0) is 67.6 Å². The molecule has 0 spiro atoms. The number of benzene rings is 4. The summed E-state index contributed by atoms with van der Waals surface area (Å²) in [4.78, 5) is 30.4. The zero-order chi connectivity index (χ0) is 31.8. The summed E-state index contributed by atoms with van der Waals surface area (Å²) in [7, 11) is 2.05. The number of para-hydroxylation sites is 1. The van der Waals surface area contributed by atoms with Gasteiger partial charge in [-0.2, -0.15) is 0 Å². The van der Waals surface area contributed by atoms with E-state index in [2.05, 4.69) is 36.3 Å². The Labute approximate surface area is 265 Å². The van der Waals surface area contributed by atoms with Crippen molar-refractivity contribution in [2.45, 2.75) is 39.0 Å². The van der Waals surface area contributed by atoms with E-state index in [0.717, 1.165) is 22.6 Å². The highest BCUT2D eigenvalue weighted by atomic mass is 16.5. The van der Waals surface area contributed by atoms with Gasteiger partial charge < -0.3 is 24.8 Å². The van der Waals surface area contributed by atoms with E-state index in [4.69, 9.17) is 9.47 Å². The largest absolute Gasteiger partial charge is 0.488 e. The molecule has 1 heterocycles. The Balaban J connectivity index is 1.29. The zero-order valence-electron chi connectivity index (χ0n) is 26.1. The van der Waals surface area contributed by atoms with Gasteiger partial charge in [0.05, 0.1) is 24.6 Å². The third-order valence-electron chi connectivity index (χ3n) is 8.00. The van der Waals surface area contributed by atoms with E-state index in [9.17, 15) is 14.7 Å². The van der Waals surface area contributed by atoms with Crippen LogP contribution in [0.2, 0.25) is 0 Å². The molecule has 4 aromatic carbocycles. The van der Waals surface area contributed by atoms with Gasteiger partial charge in [0, 0.05) is 31.2 Å². The van der Waals surface area contributed by atoms with Gasteiger partial charge in [0.2, 0.25) is 5.91 Å². The van der Waals surface area contributed by atoms with Crippen LogP contribution in [0.4, 0.5) is 5.69 Å². The van der Waals surface area contributed by atoms with Crippen LogP contribution in [0.25, 0.3) is 0 Å². The molecule has 0 bridgehead atoms. The Morgan fingerprint density at radius 1 is 0.978 bits per heavy atom. The molecule has 45 heavy (non-hydrogen) atoms. The monoisotopic (exact) mass is 607 g/mol. The molecule has 0 aromatic heterocycles. The lowest BCUT2D eigenvalue weighted by molar-refractivity contribution is -0.115. The summed E-state index contributed by atoms with van der Waals surface area (Å²) in [6, 6.07) is 32.1. The molecule has 1 aliphatic heterocycles. The van der Waals surface area contributed by atoms with Gasteiger partial charge in [0.1, 0.15) is 23.4 Å². The van der Waals surface area contributed by atoms with Crippen LogP contribution in [0, 0.1) is 5.92 Å². The molecule has 0 radical (unpaired) electrons. The van der Waals surface area contributed by atoms with Crippen molar-refractivity contribution in [3.63, 3.8) is 0 Å². The molecule has 0 aliphatic carbocycles. The van der Waals surface area contributed by atoms with Crippen LogP contribution >= 0.6 is 0 Å². The highest BCUT2D eigenvalue weighted by Crippen LogP contribution is 2.31. The SMILES string of the molecule is C[C@@H]1CN([C@@H](C)CO)C(=O)c2cc(NC(=O)Cc3ccccc3)ccc2O[C@@H]1CN(C)Cc1ccc(Oc2ccccc2)cc1. The van der Waals surface area contributed by atoms with Gasteiger partial charge in [-0.1, -0.05) is 67.6 Å². The summed E-state index contributed by atoms with van der Waals surface area (Å²) < 4.78 is 12.5. The molecule has 2 N–H and O–H groups in total. The van der Waals surface area contributed by atoms with Crippen LogP contribution in [0.15, 0.2) is 103 Å². The van der Waals surface area contributed by atoms with E-state index in [1.807, 2.05) is 79.7 Å². The number of hydrogen-bond donors (Lipinski definition) is 2. The number of hydrogen-bond acceptors (Lipinski definition) is 6. The summed E-state index contributed by atoms with van der Waals surface area (Å²) in [5.74, 6) is 1.62. The molecular formula is C37H41N3O5. The molecular weight excluding hydrogens is 566 g/mol. The predicted octanol–water partition coefficient (Wildman–Crippen LogP) is 6.01. The maximum Gasteiger partial charge on any atom is 0.258 e. The number of fused-ring (bicyclic) bond motifs is 1. The number of aliphatic hydroxyl groups is 1. The van der Waals surface area contributed by atoms with Gasteiger partial charge in [-0.3, -0.25) is 14.5 Å². The number of carbonyl (C=O) groups is 2. The summed E-state index contributed by atoms with van der Waals surface area (Å²) in [6.45, 7) is 5.50. The molecule has 0 saturated carbocycles. The molecule has 1 aliphatic rings. The fourth-order valence-corrected chi connectivity index (χ4v) is 5.48. The molecule has 8 heteroatoms. The lowest BCUT2D eigenvalue weighted by Crippen LogP contribution is -2.49. The Morgan fingerprint density at radius 2 is 1.64 bits per heavy atom. The van der Waals surface area contributed by atoms with Gasteiger partial charge in [-0.15, -0.1) is 0 Å². The Morgan fingerprint density at radius 3 is 2.33 bits per heavy atom. The number of nitrogens with one attached hydrogen (secondary N) is 1. The fourth-order valence-electron chi connectivity index (χ4n) is 5.48. The zero-order valence-corrected chi connectivity index (χ0v) is 26.1. The third-order valence-corrected chi connectivity index (χ3v) is 8.00. The lowest BCUT2D eigenvalue weighted by atomic mass is 9.99. The van der Waals surface area contributed by atoms with Gasteiger partial charge in [-0.25, -0.2) is 0 Å². The van der Waals surface area contributed by atoms with Crippen molar-refractivity contribution >= 4 is 17.5 Å². The summed E-state index contributed by atoms with van der Waals surface area (Å²) in [5.41, 5.74) is 2.92. The van der Waals surface area contributed by atoms with Crippen LogP contribution in [-0.4, -0.2) is 65.6 Å². The first-order chi connectivity index (χ1) is 21.8. The van der Waals surface area contributed by atoms with Crippen molar-refractivity contribution in [3.8, 4) is 17.2 Å². The number of nitrogens with zero attached hydrogens (tertiary/aromatic N) is 2. The lowest BCUT2D eigenvalue weighted by Gasteiger charge is -2.38. The third kappa shape index (κ3) is 8.50. The van der Waals surface area contributed by atoms with E-state index in [1.165, 1.54) is 0 Å². The molecule has 2 amide bonds. The van der Waals surface area contributed by atoms with E-state index >= 15 is 0 Å². The van der Waals surface area contributed by atoms with Crippen LogP contribution in [0.3, 0.4) is 0 Å². The number of likely N-dealkylation sites (N-methyl/N-ethyl adjacent to an activating group) is 1. The van der Waals surface area contributed by atoms with Crippen LogP contribution in [-0.2, 0) is 17.8 Å². The van der Waals surface area contributed by atoms with Gasteiger partial charge >= 0.3 is 0 Å². The van der Waals surface area contributed by atoms with Crippen LogP contribution in [0.1, 0.15) is 35.3 Å². The number of aliphatic hydroxyl groups excluding tert-OH is 1. The van der Waals surface area contributed by atoms with Crippen molar-refractivity contribution < 1.29 is 24.2 Å². The molecule has 4 aromatic rings. The minimum Gasteiger partial charge on any atom is -0.488 e. The second-order valence-corrected chi connectivity index (χ2v) is 11.8.